The maximum absolute atomic E-state index is 12.1. The van der Waals surface area contributed by atoms with Crippen LogP contribution in [0.2, 0.25) is 5.02 Å². The molecule has 0 fully saturated rings. The van der Waals surface area contributed by atoms with Crippen LogP contribution in [0.1, 0.15) is 27.8 Å². The summed E-state index contributed by atoms with van der Waals surface area (Å²) in [5.74, 6) is -1.88. The van der Waals surface area contributed by atoms with Crippen LogP contribution in [-0.2, 0) is 6.54 Å². The molecule has 0 aliphatic carbocycles. The standard InChI is InChI=1S/C13H11ClN2O4/c1-2-16-11(8(7-15-16)12(17)18)13(19)20-10-6-4-3-5-9(10)14/h3-7H,2H2,1H3,(H,17,18). The molecule has 0 aliphatic rings. The molecule has 0 saturated heterocycles. The Balaban J connectivity index is 2.36. The first-order chi connectivity index (χ1) is 9.54. The molecule has 0 radical (unpaired) electrons. The number of carboxylic acids is 1. The van der Waals surface area contributed by atoms with E-state index in [4.69, 9.17) is 21.4 Å². The minimum Gasteiger partial charge on any atom is -0.478 e. The van der Waals surface area contributed by atoms with Gasteiger partial charge < -0.3 is 9.84 Å². The van der Waals surface area contributed by atoms with E-state index in [1.165, 1.54) is 10.7 Å². The van der Waals surface area contributed by atoms with Crippen molar-refractivity contribution in [3.63, 3.8) is 0 Å². The molecule has 1 heterocycles. The number of halogens is 1. The monoisotopic (exact) mass is 294 g/mol. The van der Waals surface area contributed by atoms with Gasteiger partial charge in [-0.2, -0.15) is 5.10 Å². The Morgan fingerprint density at radius 2 is 2.10 bits per heavy atom. The fourth-order valence-corrected chi connectivity index (χ4v) is 1.85. The van der Waals surface area contributed by atoms with Gasteiger partial charge in [0.25, 0.3) is 0 Å². The van der Waals surface area contributed by atoms with Crippen LogP contribution >= 0.6 is 11.6 Å². The van der Waals surface area contributed by atoms with Gasteiger partial charge in [0.1, 0.15) is 11.3 Å². The number of hydrogen-bond acceptors (Lipinski definition) is 4. The number of rotatable bonds is 4. The third kappa shape index (κ3) is 2.65. The van der Waals surface area contributed by atoms with Gasteiger partial charge in [-0.1, -0.05) is 23.7 Å². The Morgan fingerprint density at radius 3 is 2.70 bits per heavy atom. The summed E-state index contributed by atoms with van der Waals surface area (Å²) >= 11 is 5.89. The number of benzene rings is 1. The van der Waals surface area contributed by atoms with Crippen LogP contribution in [0.5, 0.6) is 5.75 Å². The largest absolute Gasteiger partial charge is 0.478 e. The van der Waals surface area contributed by atoms with Crippen LogP contribution in [0, 0.1) is 0 Å². The topological polar surface area (TPSA) is 81.4 Å². The summed E-state index contributed by atoms with van der Waals surface area (Å²) in [6.07, 6.45) is 1.12. The Hall–Kier alpha value is -2.34. The molecule has 0 bridgehead atoms. The number of carbonyl (C=O) groups is 2. The van der Waals surface area contributed by atoms with Crippen molar-refractivity contribution in [1.82, 2.24) is 9.78 Å². The van der Waals surface area contributed by atoms with Gasteiger partial charge in [-0.05, 0) is 19.1 Å². The third-order valence-electron chi connectivity index (χ3n) is 2.60. The van der Waals surface area contributed by atoms with Gasteiger partial charge in [0.05, 0.1) is 11.2 Å². The highest BCUT2D eigenvalue weighted by Gasteiger charge is 2.24. The Bertz CT molecular complexity index is 666. The highest BCUT2D eigenvalue weighted by Crippen LogP contribution is 2.24. The van der Waals surface area contributed by atoms with Crippen LogP contribution in [0.15, 0.2) is 30.5 Å². The molecule has 104 valence electrons. The molecule has 6 nitrogen and oxygen atoms in total. The van der Waals surface area contributed by atoms with Gasteiger partial charge in [0.15, 0.2) is 5.69 Å². The van der Waals surface area contributed by atoms with Gasteiger partial charge in [-0.15, -0.1) is 0 Å². The summed E-state index contributed by atoms with van der Waals surface area (Å²) in [4.78, 5) is 23.2. The average molecular weight is 295 g/mol. The van der Waals surface area contributed by atoms with E-state index in [9.17, 15) is 9.59 Å². The van der Waals surface area contributed by atoms with E-state index in [2.05, 4.69) is 5.10 Å². The summed E-state index contributed by atoms with van der Waals surface area (Å²) in [6, 6.07) is 6.44. The number of aromatic carboxylic acids is 1. The summed E-state index contributed by atoms with van der Waals surface area (Å²) in [7, 11) is 0. The molecule has 0 aliphatic heterocycles. The molecule has 0 unspecified atom stereocenters. The SMILES string of the molecule is CCn1ncc(C(=O)O)c1C(=O)Oc1ccccc1Cl. The number of aryl methyl sites for hydroxylation is 1. The van der Waals surface area contributed by atoms with E-state index in [1.54, 1.807) is 25.1 Å². The zero-order chi connectivity index (χ0) is 14.7. The van der Waals surface area contributed by atoms with Crippen molar-refractivity contribution in [1.29, 1.82) is 0 Å². The lowest BCUT2D eigenvalue weighted by atomic mass is 10.2. The zero-order valence-corrected chi connectivity index (χ0v) is 11.3. The molecular formula is C13H11ClN2O4. The van der Waals surface area contributed by atoms with Crippen molar-refractivity contribution >= 4 is 23.5 Å². The molecule has 7 heteroatoms. The van der Waals surface area contributed by atoms with Crippen LogP contribution in [-0.4, -0.2) is 26.8 Å². The Labute approximate surface area is 119 Å². The first-order valence-corrected chi connectivity index (χ1v) is 6.18. The minimum absolute atomic E-state index is 0.111. The first-order valence-electron chi connectivity index (χ1n) is 5.80. The lowest BCUT2D eigenvalue weighted by Crippen LogP contribution is -2.18. The number of nitrogens with zero attached hydrogens (tertiary/aromatic N) is 2. The van der Waals surface area contributed by atoms with E-state index in [0.717, 1.165) is 6.20 Å². The summed E-state index contributed by atoms with van der Waals surface area (Å²) in [6.45, 7) is 2.09. The molecule has 0 saturated carbocycles. The van der Waals surface area contributed by atoms with Gasteiger partial charge in [0, 0.05) is 6.54 Å². The maximum Gasteiger partial charge on any atom is 0.362 e. The van der Waals surface area contributed by atoms with Gasteiger partial charge in [0.2, 0.25) is 0 Å². The highest BCUT2D eigenvalue weighted by atomic mass is 35.5. The normalized spacial score (nSPS) is 10.3. The van der Waals surface area contributed by atoms with Crippen molar-refractivity contribution < 1.29 is 19.4 Å². The molecule has 1 aromatic carbocycles. The van der Waals surface area contributed by atoms with Crippen LogP contribution in [0.4, 0.5) is 0 Å². The number of ether oxygens (including phenoxy) is 1. The number of hydrogen-bond donors (Lipinski definition) is 1. The fraction of sp³-hybridized carbons (Fsp3) is 0.154. The Kier molecular flexibility index (Phi) is 4.05. The summed E-state index contributed by atoms with van der Waals surface area (Å²) < 4.78 is 6.39. The smallest absolute Gasteiger partial charge is 0.362 e. The molecule has 2 aromatic rings. The van der Waals surface area contributed by atoms with Crippen molar-refractivity contribution in [3.8, 4) is 5.75 Å². The van der Waals surface area contributed by atoms with Crippen LogP contribution in [0.3, 0.4) is 0 Å². The number of esters is 1. The molecule has 20 heavy (non-hydrogen) atoms. The number of aromatic nitrogens is 2. The van der Waals surface area contributed by atoms with Gasteiger partial charge in [-0.3, -0.25) is 4.68 Å². The molecule has 1 N–H and O–H groups in total. The van der Waals surface area contributed by atoms with E-state index < -0.39 is 11.9 Å². The van der Waals surface area contributed by atoms with Crippen molar-refractivity contribution in [3.05, 3.63) is 46.7 Å². The van der Waals surface area contributed by atoms with E-state index >= 15 is 0 Å². The van der Waals surface area contributed by atoms with Crippen LogP contribution < -0.4 is 4.74 Å². The molecule has 0 spiro atoms. The molecular weight excluding hydrogens is 284 g/mol. The Morgan fingerprint density at radius 1 is 1.40 bits per heavy atom. The molecule has 1 aromatic heterocycles. The number of carbonyl (C=O) groups excluding carboxylic acids is 1. The average Bonchev–Trinajstić information content (AvgIpc) is 2.85. The third-order valence-corrected chi connectivity index (χ3v) is 2.91. The lowest BCUT2D eigenvalue weighted by molar-refractivity contribution is 0.0662. The second kappa shape index (κ2) is 5.75. The van der Waals surface area contributed by atoms with Gasteiger partial charge >= 0.3 is 11.9 Å². The summed E-state index contributed by atoms with van der Waals surface area (Å²) in [5, 5.41) is 13.2. The zero-order valence-electron chi connectivity index (χ0n) is 10.5. The van der Waals surface area contributed by atoms with Gasteiger partial charge in [-0.25, -0.2) is 9.59 Å². The second-order valence-electron chi connectivity index (χ2n) is 3.85. The van der Waals surface area contributed by atoms with E-state index in [0.29, 0.717) is 6.54 Å². The highest BCUT2D eigenvalue weighted by molar-refractivity contribution is 6.32. The second-order valence-corrected chi connectivity index (χ2v) is 4.25. The van der Waals surface area contributed by atoms with E-state index in [-0.39, 0.29) is 22.0 Å². The van der Waals surface area contributed by atoms with Crippen molar-refractivity contribution in [2.75, 3.05) is 0 Å². The fourth-order valence-electron chi connectivity index (χ4n) is 1.67. The molecule has 2 rings (SSSR count). The summed E-state index contributed by atoms with van der Waals surface area (Å²) in [5.41, 5.74) is -0.316. The molecule has 0 amide bonds. The lowest BCUT2D eigenvalue weighted by Gasteiger charge is -2.08. The van der Waals surface area contributed by atoms with E-state index in [1.807, 2.05) is 0 Å². The maximum atomic E-state index is 12.1. The molecule has 0 atom stereocenters. The van der Waals surface area contributed by atoms with Crippen LogP contribution in [0.25, 0.3) is 0 Å². The first kappa shape index (κ1) is 14.1. The predicted octanol–water partition coefficient (Wildman–Crippen LogP) is 2.47. The number of carboxylic acid groups (broad SMARTS) is 1. The minimum atomic E-state index is -1.24. The quantitative estimate of drug-likeness (QED) is 0.692. The predicted molar refractivity (Wildman–Crippen MR) is 71.3 cm³/mol. The van der Waals surface area contributed by atoms with Crippen molar-refractivity contribution in [2.45, 2.75) is 13.5 Å². The van der Waals surface area contributed by atoms with Crippen molar-refractivity contribution in [2.24, 2.45) is 0 Å². The number of para-hydroxylation sites is 1.